The van der Waals surface area contributed by atoms with Crippen LogP contribution in [0.25, 0.3) is 11.5 Å². The molecule has 2 aliphatic rings. The molecule has 0 saturated heterocycles. The molecule has 8 nitrogen and oxygen atoms in total. The first-order valence-electron chi connectivity index (χ1n) is 8.75. The molecule has 144 valence electrons. The average molecular weight is 387 g/mol. The quantitative estimate of drug-likeness (QED) is 0.708. The van der Waals surface area contributed by atoms with Crippen LogP contribution in [0.15, 0.2) is 35.0 Å². The van der Waals surface area contributed by atoms with Gasteiger partial charge < -0.3 is 19.2 Å². The average Bonchev–Trinajstić information content (AvgIpc) is 3.34. The van der Waals surface area contributed by atoms with Crippen molar-refractivity contribution in [1.29, 1.82) is 0 Å². The Morgan fingerprint density at radius 1 is 1.04 bits per heavy atom. The number of alkyl halides is 2. The van der Waals surface area contributed by atoms with E-state index in [0.717, 1.165) is 36.3 Å². The summed E-state index contributed by atoms with van der Waals surface area (Å²) in [5.74, 6) is 1.12. The standard InChI is InChI=1S/C18H15F2N5O3/c19-14(20)16-25-24-15(28-16)10-7-21-17(22-8-10)23-18(4-1-5-18)11-2-3-12-13(6-11)27-9-26-12/h2-3,6-8,14H,1,4-5,9H2,(H,21,22,23). The van der Waals surface area contributed by atoms with Crippen molar-refractivity contribution in [2.24, 2.45) is 0 Å². The minimum absolute atomic E-state index is 0.0454. The lowest BCUT2D eigenvalue weighted by Crippen LogP contribution is -2.42. The summed E-state index contributed by atoms with van der Waals surface area (Å²) in [6.45, 7) is 0.229. The van der Waals surface area contributed by atoms with E-state index in [1.165, 1.54) is 12.4 Å². The summed E-state index contributed by atoms with van der Waals surface area (Å²) >= 11 is 0. The third-order valence-electron chi connectivity index (χ3n) is 5.01. The molecule has 3 aromatic rings. The molecular formula is C18H15F2N5O3. The van der Waals surface area contributed by atoms with Gasteiger partial charge >= 0.3 is 6.43 Å². The van der Waals surface area contributed by atoms with E-state index in [4.69, 9.17) is 13.9 Å². The molecular weight excluding hydrogens is 372 g/mol. The molecule has 1 saturated carbocycles. The number of fused-ring (bicyclic) bond motifs is 1. The number of aromatic nitrogens is 4. The number of hydrogen-bond acceptors (Lipinski definition) is 8. The van der Waals surface area contributed by atoms with E-state index in [-0.39, 0.29) is 18.2 Å². The van der Waals surface area contributed by atoms with Gasteiger partial charge in [-0.25, -0.2) is 9.97 Å². The van der Waals surface area contributed by atoms with Crippen LogP contribution < -0.4 is 14.8 Å². The molecule has 1 aromatic carbocycles. The smallest absolute Gasteiger partial charge is 0.314 e. The van der Waals surface area contributed by atoms with Crippen LogP contribution in [-0.4, -0.2) is 27.0 Å². The zero-order chi connectivity index (χ0) is 19.1. The lowest BCUT2D eigenvalue weighted by atomic mass is 9.72. The van der Waals surface area contributed by atoms with Crippen molar-refractivity contribution in [1.82, 2.24) is 20.2 Å². The van der Waals surface area contributed by atoms with Crippen LogP contribution >= 0.6 is 0 Å². The Kier molecular flexibility index (Phi) is 3.85. The predicted octanol–water partition coefficient (Wildman–Crippen LogP) is 3.68. The van der Waals surface area contributed by atoms with Crippen molar-refractivity contribution < 1.29 is 22.7 Å². The molecule has 5 rings (SSSR count). The van der Waals surface area contributed by atoms with Gasteiger partial charge in [-0.1, -0.05) is 6.07 Å². The van der Waals surface area contributed by atoms with Gasteiger partial charge in [0.25, 0.3) is 11.8 Å². The van der Waals surface area contributed by atoms with E-state index in [2.05, 4.69) is 25.5 Å². The van der Waals surface area contributed by atoms with Crippen molar-refractivity contribution in [2.75, 3.05) is 12.1 Å². The van der Waals surface area contributed by atoms with E-state index in [1.54, 1.807) is 0 Å². The fourth-order valence-corrected chi connectivity index (χ4v) is 3.37. The Hall–Kier alpha value is -3.30. The summed E-state index contributed by atoms with van der Waals surface area (Å²) in [4.78, 5) is 8.56. The van der Waals surface area contributed by atoms with Gasteiger partial charge in [0, 0.05) is 12.4 Å². The molecule has 3 heterocycles. The van der Waals surface area contributed by atoms with Crippen LogP contribution in [0.5, 0.6) is 11.5 Å². The Bertz CT molecular complexity index is 1000. The van der Waals surface area contributed by atoms with Crippen molar-refractivity contribution in [3.05, 3.63) is 42.0 Å². The number of nitrogens with zero attached hydrogens (tertiary/aromatic N) is 4. The molecule has 28 heavy (non-hydrogen) atoms. The van der Waals surface area contributed by atoms with Crippen LogP contribution in [0.4, 0.5) is 14.7 Å². The first-order valence-corrected chi connectivity index (χ1v) is 8.75. The highest BCUT2D eigenvalue weighted by atomic mass is 19.3. The molecule has 0 bridgehead atoms. The number of anilines is 1. The molecule has 1 aliphatic heterocycles. The van der Waals surface area contributed by atoms with Gasteiger partial charge in [-0.3, -0.25) is 0 Å². The Labute approximate surface area is 157 Å². The van der Waals surface area contributed by atoms with Gasteiger partial charge in [0.1, 0.15) is 0 Å². The van der Waals surface area contributed by atoms with Crippen LogP contribution in [-0.2, 0) is 5.54 Å². The van der Waals surface area contributed by atoms with E-state index in [0.29, 0.717) is 11.5 Å². The zero-order valence-electron chi connectivity index (χ0n) is 14.6. The first kappa shape index (κ1) is 16.8. The van der Waals surface area contributed by atoms with Crippen LogP contribution in [0.1, 0.15) is 37.1 Å². The van der Waals surface area contributed by atoms with Crippen molar-refractivity contribution in [3.63, 3.8) is 0 Å². The van der Waals surface area contributed by atoms with Gasteiger partial charge in [-0.15, -0.1) is 10.2 Å². The molecule has 0 atom stereocenters. The topological polar surface area (TPSA) is 95.2 Å². The maximum atomic E-state index is 12.6. The molecule has 2 aromatic heterocycles. The lowest BCUT2D eigenvalue weighted by Gasteiger charge is -2.43. The minimum Gasteiger partial charge on any atom is -0.454 e. The minimum atomic E-state index is -2.82. The lowest BCUT2D eigenvalue weighted by molar-refractivity contribution is 0.116. The van der Waals surface area contributed by atoms with Gasteiger partial charge in [0.05, 0.1) is 11.1 Å². The SMILES string of the molecule is FC(F)c1nnc(-c2cnc(NC3(c4ccc5c(c4)OCO5)CCC3)nc2)o1. The summed E-state index contributed by atoms with van der Waals surface area (Å²) in [5.41, 5.74) is 1.17. The highest BCUT2D eigenvalue weighted by Gasteiger charge is 2.40. The Balaban J connectivity index is 1.37. The van der Waals surface area contributed by atoms with Crippen molar-refractivity contribution in [2.45, 2.75) is 31.2 Å². The fraction of sp³-hybridized carbons (Fsp3) is 0.333. The molecule has 1 aliphatic carbocycles. The Morgan fingerprint density at radius 2 is 1.82 bits per heavy atom. The van der Waals surface area contributed by atoms with E-state index in [1.807, 2.05) is 18.2 Å². The predicted molar refractivity (Wildman–Crippen MR) is 92.0 cm³/mol. The molecule has 1 N–H and O–H groups in total. The Morgan fingerprint density at radius 3 is 2.50 bits per heavy atom. The van der Waals surface area contributed by atoms with Crippen molar-refractivity contribution in [3.8, 4) is 23.0 Å². The second-order valence-corrected chi connectivity index (χ2v) is 6.67. The maximum Gasteiger partial charge on any atom is 0.314 e. The van der Waals surface area contributed by atoms with E-state index < -0.39 is 12.3 Å². The van der Waals surface area contributed by atoms with Gasteiger partial charge in [-0.05, 0) is 37.0 Å². The number of ether oxygens (including phenoxy) is 2. The second kappa shape index (κ2) is 6.39. The molecule has 0 radical (unpaired) electrons. The largest absolute Gasteiger partial charge is 0.454 e. The second-order valence-electron chi connectivity index (χ2n) is 6.67. The van der Waals surface area contributed by atoms with Crippen LogP contribution in [0.2, 0.25) is 0 Å². The third kappa shape index (κ3) is 2.81. The van der Waals surface area contributed by atoms with Crippen LogP contribution in [0.3, 0.4) is 0 Å². The molecule has 10 heteroatoms. The third-order valence-corrected chi connectivity index (χ3v) is 5.01. The first-order chi connectivity index (χ1) is 13.6. The highest BCUT2D eigenvalue weighted by molar-refractivity contribution is 5.52. The maximum absolute atomic E-state index is 12.6. The van der Waals surface area contributed by atoms with E-state index >= 15 is 0 Å². The molecule has 0 unspecified atom stereocenters. The number of benzene rings is 1. The summed E-state index contributed by atoms with van der Waals surface area (Å²) < 4.78 is 40.9. The summed E-state index contributed by atoms with van der Waals surface area (Å²) in [6, 6.07) is 5.89. The number of rotatable bonds is 5. The normalized spacial score (nSPS) is 16.8. The molecule has 0 spiro atoms. The highest BCUT2D eigenvalue weighted by Crippen LogP contribution is 2.46. The summed E-state index contributed by atoms with van der Waals surface area (Å²) in [7, 11) is 0. The van der Waals surface area contributed by atoms with Gasteiger partial charge in [0.15, 0.2) is 11.5 Å². The number of hydrogen-bond donors (Lipinski definition) is 1. The zero-order valence-corrected chi connectivity index (χ0v) is 14.6. The summed E-state index contributed by atoms with van der Waals surface area (Å²) in [5, 5.41) is 10.3. The van der Waals surface area contributed by atoms with Gasteiger partial charge in [-0.2, -0.15) is 8.78 Å². The van der Waals surface area contributed by atoms with Crippen LogP contribution in [0, 0.1) is 0 Å². The number of nitrogens with one attached hydrogen (secondary N) is 1. The monoisotopic (exact) mass is 387 g/mol. The van der Waals surface area contributed by atoms with E-state index in [9.17, 15) is 8.78 Å². The molecule has 0 amide bonds. The number of halogens is 2. The fourth-order valence-electron chi connectivity index (χ4n) is 3.37. The van der Waals surface area contributed by atoms with Crippen molar-refractivity contribution >= 4 is 5.95 Å². The molecule has 1 fully saturated rings. The summed E-state index contributed by atoms with van der Waals surface area (Å²) in [6.07, 6.45) is 3.05. The van der Waals surface area contributed by atoms with Gasteiger partial charge in [0.2, 0.25) is 12.7 Å².